The zero-order valence-electron chi connectivity index (χ0n) is 15.3. The van der Waals surface area contributed by atoms with Crippen LogP contribution in [-0.2, 0) is 4.79 Å². The fraction of sp³-hybridized carbons (Fsp3) is 0.222. The van der Waals surface area contributed by atoms with Gasteiger partial charge in [-0.15, -0.1) is 0 Å². The van der Waals surface area contributed by atoms with Crippen LogP contribution in [0.15, 0.2) is 23.5 Å². The minimum atomic E-state index is -0.111. The number of hydrogen-bond acceptors (Lipinski definition) is 7. The van der Waals surface area contributed by atoms with E-state index in [-0.39, 0.29) is 23.2 Å². The molecule has 0 atom stereocenters. The van der Waals surface area contributed by atoms with Crippen LogP contribution >= 0.6 is 23.4 Å². The molecule has 8 nitrogen and oxygen atoms in total. The first-order valence-electron chi connectivity index (χ1n) is 8.04. The van der Waals surface area contributed by atoms with Crippen LogP contribution in [-0.4, -0.2) is 57.8 Å². The number of aromatic nitrogens is 3. The van der Waals surface area contributed by atoms with Crippen molar-refractivity contribution in [3.8, 4) is 28.8 Å². The Balaban J connectivity index is 2.17. The number of nitrogens with one attached hydrogen (secondary N) is 1. The van der Waals surface area contributed by atoms with E-state index in [1.54, 1.807) is 14.1 Å². The number of aromatic amines is 1. The number of methoxy groups -OCH3 is 1. The molecule has 0 unspecified atom stereocenters. The summed E-state index contributed by atoms with van der Waals surface area (Å²) in [7, 11) is 4.76. The van der Waals surface area contributed by atoms with Gasteiger partial charge in [-0.25, -0.2) is 9.97 Å². The van der Waals surface area contributed by atoms with Gasteiger partial charge in [0.15, 0.2) is 16.7 Å². The number of nitriles is 1. The molecule has 0 saturated heterocycles. The van der Waals surface area contributed by atoms with Crippen molar-refractivity contribution < 1.29 is 14.6 Å². The molecule has 2 aromatic heterocycles. The molecule has 10 heteroatoms. The third-order valence-electron chi connectivity index (χ3n) is 3.98. The number of phenolic OH excluding ortho intramolecular Hbond substituents is 1. The maximum Gasteiger partial charge on any atom is 0.232 e. The molecule has 2 N–H and O–H groups in total. The number of thioether (sulfide) groups is 1. The Bertz CT molecular complexity index is 1110. The van der Waals surface area contributed by atoms with Crippen molar-refractivity contribution in [3.05, 3.63) is 28.9 Å². The minimum Gasteiger partial charge on any atom is -0.504 e. The van der Waals surface area contributed by atoms with Gasteiger partial charge in [0.05, 0.1) is 34.5 Å². The quantitative estimate of drug-likeness (QED) is 0.484. The molecule has 0 spiro atoms. The largest absolute Gasteiger partial charge is 0.504 e. The molecule has 0 aliphatic carbocycles. The van der Waals surface area contributed by atoms with Gasteiger partial charge in [-0.3, -0.25) is 4.79 Å². The first-order valence-corrected chi connectivity index (χ1v) is 9.41. The number of halogens is 1. The first-order chi connectivity index (χ1) is 13.3. The topological polar surface area (TPSA) is 115 Å². The number of rotatable bonds is 5. The maximum atomic E-state index is 11.9. The van der Waals surface area contributed by atoms with E-state index in [1.807, 2.05) is 0 Å². The van der Waals surface area contributed by atoms with Gasteiger partial charge in [-0.2, -0.15) is 5.26 Å². The van der Waals surface area contributed by atoms with Gasteiger partial charge in [0.1, 0.15) is 11.7 Å². The molecule has 0 bridgehead atoms. The fourth-order valence-corrected chi connectivity index (χ4v) is 3.57. The SMILES string of the molecule is COc1cc(Cl)c(-c2nc(SCC(=O)N(C)C)nc3[nH]cc(C#N)c23)cc1O. The van der Waals surface area contributed by atoms with Crippen molar-refractivity contribution in [2.75, 3.05) is 27.0 Å². The number of carbonyl (C=O) groups is 1. The third kappa shape index (κ3) is 3.69. The molecule has 0 saturated carbocycles. The summed E-state index contributed by atoms with van der Waals surface area (Å²) in [5.41, 5.74) is 1.58. The number of aromatic hydroxyl groups is 1. The molecule has 3 rings (SSSR count). The molecular weight excluding hydrogens is 402 g/mol. The van der Waals surface area contributed by atoms with E-state index in [1.165, 1.54) is 42.1 Å². The number of hydrogen-bond donors (Lipinski definition) is 2. The van der Waals surface area contributed by atoms with Crippen molar-refractivity contribution >= 4 is 40.3 Å². The van der Waals surface area contributed by atoms with Crippen molar-refractivity contribution in [1.29, 1.82) is 5.26 Å². The molecule has 0 radical (unpaired) electrons. The zero-order valence-corrected chi connectivity index (χ0v) is 16.9. The molecule has 3 aromatic rings. The Morgan fingerprint density at radius 1 is 1.43 bits per heavy atom. The summed E-state index contributed by atoms with van der Waals surface area (Å²) >= 11 is 7.56. The molecule has 144 valence electrons. The third-order valence-corrected chi connectivity index (χ3v) is 5.12. The highest BCUT2D eigenvalue weighted by atomic mass is 35.5. The Hall–Kier alpha value is -2.96. The summed E-state index contributed by atoms with van der Waals surface area (Å²) in [6, 6.07) is 4.99. The van der Waals surface area contributed by atoms with Gasteiger partial charge < -0.3 is 19.7 Å². The molecule has 1 amide bonds. The van der Waals surface area contributed by atoms with E-state index < -0.39 is 0 Å². The van der Waals surface area contributed by atoms with E-state index in [0.717, 1.165) is 0 Å². The fourth-order valence-electron chi connectivity index (χ4n) is 2.50. The van der Waals surface area contributed by atoms with Gasteiger partial charge >= 0.3 is 0 Å². The lowest BCUT2D eigenvalue weighted by Gasteiger charge is -2.12. The summed E-state index contributed by atoms with van der Waals surface area (Å²) in [6.45, 7) is 0. The van der Waals surface area contributed by atoms with Gasteiger partial charge in [-0.05, 0) is 6.07 Å². The van der Waals surface area contributed by atoms with Crippen LogP contribution in [0, 0.1) is 11.3 Å². The highest BCUT2D eigenvalue weighted by Gasteiger charge is 2.20. The lowest BCUT2D eigenvalue weighted by atomic mass is 10.1. The van der Waals surface area contributed by atoms with Crippen LogP contribution in [0.4, 0.5) is 0 Å². The van der Waals surface area contributed by atoms with Crippen molar-refractivity contribution in [3.63, 3.8) is 0 Å². The maximum absolute atomic E-state index is 11.9. The summed E-state index contributed by atoms with van der Waals surface area (Å²) in [4.78, 5) is 25.2. The number of fused-ring (bicyclic) bond motifs is 1. The van der Waals surface area contributed by atoms with Crippen LogP contribution in [0.5, 0.6) is 11.5 Å². The molecule has 0 fully saturated rings. The van der Waals surface area contributed by atoms with E-state index >= 15 is 0 Å². The number of benzene rings is 1. The number of nitrogens with zero attached hydrogens (tertiary/aromatic N) is 4. The average Bonchev–Trinajstić information content (AvgIpc) is 3.09. The number of carbonyl (C=O) groups excluding carboxylic acids is 1. The average molecular weight is 418 g/mol. The van der Waals surface area contributed by atoms with Crippen molar-refractivity contribution in [2.45, 2.75) is 5.16 Å². The smallest absolute Gasteiger partial charge is 0.232 e. The summed E-state index contributed by atoms with van der Waals surface area (Å²) in [6.07, 6.45) is 1.53. The summed E-state index contributed by atoms with van der Waals surface area (Å²) < 4.78 is 5.07. The Kier molecular flexibility index (Phi) is 5.63. The lowest BCUT2D eigenvalue weighted by molar-refractivity contribution is -0.125. The van der Waals surface area contributed by atoms with E-state index in [0.29, 0.717) is 38.0 Å². The predicted molar refractivity (Wildman–Crippen MR) is 107 cm³/mol. The number of ether oxygens (including phenoxy) is 1. The zero-order chi connectivity index (χ0) is 20.4. The lowest BCUT2D eigenvalue weighted by Crippen LogP contribution is -2.23. The number of amides is 1. The molecule has 0 aliphatic rings. The Morgan fingerprint density at radius 2 is 2.18 bits per heavy atom. The van der Waals surface area contributed by atoms with Crippen LogP contribution in [0.2, 0.25) is 5.02 Å². The van der Waals surface area contributed by atoms with Gasteiger partial charge in [0.25, 0.3) is 0 Å². The summed E-state index contributed by atoms with van der Waals surface area (Å²) in [5.74, 6) is 0.185. The minimum absolute atomic E-state index is 0.0837. The molecule has 1 aromatic carbocycles. The monoisotopic (exact) mass is 417 g/mol. The molecular formula is C18H16ClN5O3S. The molecule has 2 heterocycles. The second-order valence-electron chi connectivity index (χ2n) is 5.97. The normalized spacial score (nSPS) is 10.7. The van der Waals surface area contributed by atoms with E-state index in [9.17, 15) is 15.2 Å². The van der Waals surface area contributed by atoms with Crippen LogP contribution in [0.25, 0.3) is 22.3 Å². The van der Waals surface area contributed by atoms with E-state index in [2.05, 4.69) is 21.0 Å². The standard InChI is InChI=1S/C18H16ClN5O3S/c1-24(2)14(26)8-28-18-22-16(15-9(6-20)7-21-17(15)23-18)10-4-12(25)13(27-3)5-11(10)19/h4-5,7,25H,8H2,1-3H3,(H,21,22,23). The van der Waals surface area contributed by atoms with Crippen LogP contribution in [0.1, 0.15) is 5.56 Å². The van der Waals surface area contributed by atoms with Gasteiger partial charge in [-0.1, -0.05) is 23.4 Å². The predicted octanol–water partition coefficient (Wildman–Crippen LogP) is 3.04. The van der Waals surface area contributed by atoms with Gasteiger partial charge in [0.2, 0.25) is 5.91 Å². The van der Waals surface area contributed by atoms with Gasteiger partial charge in [0, 0.05) is 31.9 Å². The summed E-state index contributed by atoms with van der Waals surface area (Å²) in [5, 5.41) is 20.7. The van der Waals surface area contributed by atoms with Crippen molar-refractivity contribution in [2.24, 2.45) is 0 Å². The highest BCUT2D eigenvalue weighted by Crippen LogP contribution is 2.40. The number of H-pyrrole nitrogens is 1. The Morgan fingerprint density at radius 3 is 2.82 bits per heavy atom. The molecule has 0 aliphatic heterocycles. The number of phenols is 1. The second kappa shape index (κ2) is 7.96. The van der Waals surface area contributed by atoms with Crippen LogP contribution < -0.4 is 4.74 Å². The second-order valence-corrected chi connectivity index (χ2v) is 7.32. The Labute approximate surface area is 170 Å². The van der Waals surface area contributed by atoms with Crippen LogP contribution in [0.3, 0.4) is 0 Å². The first kappa shape index (κ1) is 19.8. The van der Waals surface area contributed by atoms with Crippen molar-refractivity contribution in [1.82, 2.24) is 19.9 Å². The van der Waals surface area contributed by atoms with E-state index in [4.69, 9.17) is 16.3 Å². The highest BCUT2D eigenvalue weighted by molar-refractivity contribution is 7.99. The molecule has 28 heavy (non-hydrogen) atoms.